The number of hydrogen-bond acceptors (Lipinski definition) is 3. The van der Waals surface area contributed by atoms with E-state index in [9.17, 15) is 9.90 Å². The van der Waals surface area contributed by atoms with Crippen LogP contribution in [0, 0.1) is 5.92 Å². The zero-order chi connectivity index (χ0) is 17.2. The van der Waals surface area contributed by atoms with Crippen LogP contribution in [0.1, 0.15) is 34.1 Å². The predicted molar refractivity (Wildman–Crippen MR) is 94.5 cm³/mol. The number of nitrogens with one attached hydrogen (secondary N) is 1. The number of ether oxygens (including phenoxy) is 1. The van der Waals surface area contributed by atoms with Crippen LogP contribution < -0.4 is 10.1 Å². The van der Waals surface area contributed by atoms with Crippen molar-refractivity contribution in [1.29, 1.82) is 0 Å². The van der Waals surface area contributed by atoms with Gasteiger partial charge in [0.25, 0.3) is 0 Å². The summed E-state index contributed by atoms with van der Waals surface area (Å²) in [5, 5.41) is 12.5. The molecule has 0 saturated carbocycles. The maximum absolute atomic E-state index is 11.5. The van der Waals surface area contributed by atoms with Crippen molar-refractivity contribution in [3.63, 3.8) is 0 Å². The van der Waals surface area contributed by atoms with E-state index in [0.717, 1.165) is 5.76 Å². The molecule has 0 heterocycles. The first kappa shape index (κ1) is 18.6. The molecule has 4 nitrogen and oxygen atoms in total. The molecule has 0 spiro atoms. The lowest BCUT2D eigenvalue weighted by Crippen LogP contribution is -2.10. The van der Waals surface area contributed by atoms with E-state index >= 15 is 0 Å². The van der Waals surface area contributed by atoms with E-state index in [1.807, 2.05) is 51.2 Å². The second kappa shape index (κ2) is 9.51. The lowest BCUT2D eigenvalue weighted by Gasteiger charge is -2.15. The van der Waals surface area contributed by atoms with Gasteiger partial charge in [-0.05, 0) is 32.1 Å². The summed E-state index contributed by atoms with van der Waals surface area (Å²) in [6, 6.07) is 4.80. The number of anilines is 1. The quantitative estimate of drug-likeness (QED) is 0.432. The maximum atomic E-state index is 11.5. The van der Waals surface area contributed by atoms with Crippen molar-refractivity contribution in [2.45, 2.75) is 34.1 Å². The van der Waals surface area contributed by atoms with Gasteiger partial charge in [0, 0.05) is 18.4 Å². The number of allylic oxidation sites excluding steroid dienone is 5. The van der Waals surface area contributed by atoms with Crippen LogP contribution in [0.3, 0.4) is 0 Å². The predicted octanol–water partition coefficient (Wildman–Crippen LogP) is 4.79. The smallest absolute Gasteiger partial charge is 0.224 e. The molecule has 1 aromatic carbocycles. The fourth-order valence-corrected chi connectivity index (χ4v) is 1.90. The number of amides is 1. The Hall–Kier alpha value is -2.49. The highest BCUT2D eigenvalue weighted by molar-refractivity contribution is 5.92. The van der Waals surface area contributed by atoms with Crippen LogP contribution in [0.15, 0.2) is 54.3 Å². The Kier molecular flexibility index (Phi) is 7.67. The average molecular weight is 315 g/mol. The minimum absolute atomic E-state index is 0.0159. The zero-order valence-electron chi connectivity index (χ0n) is 14.2. The first-order valence-electron chi connectivity index (χ1n) is 7.78. The van der Waals surface area contributed by atoms with Crippen LogP contribution in [-0.2, 0) is 4.79 Å². The lowest BCUT2D eigenvalue weighted by atomic mass is 10.1. The summed E-state index contributed by atoms with van der Waals surface area (Å²) in [5.41, 5.74) is 0.349. The SMILES string of the molecule is C/C=C\C=CC(C)/C(=C/C)Oc1ccc(O)c(NC(=O)CC)c1. The maximum Gasteiger partial charge on any atom is 0.224 e. The number of rotatable bonds is 7. The molecule has 1 atom stereocenters. The molecule has 0 radical (unpaired) electrons. The van der Waals surface area contributed by atoms with Gasteiger partial charge in [-0.15, -0.1) is 0 Å². The van der Waals surface area contributed by atoms with Gasteiger partial charge in [-0.1, -0.05) is 38.2 Å². The summed E-state index contributed by atoms with van der Waals surface area (Å²) in [6.07, 6.45) is 10.2. The van der Waals surface area contributed by atoms with E-state index in [4.69, 9.17) is 4.74 Å². The minimum Gasteiger partial charge on any atom is -0.506 e. The molecule has 2 N–H and O–H groups in total. The second-order valence-electron chi connectivity index (χ2n) is 5.07. The van der Waals surface area contributed by atoms with Gasteiger partial charge in [-0.3, -0.25) is 4.79 Å². The van der Waals surface area contributed by atoms with E-state index in [-0.39, 0.29) is 17.6 Å². The standard InChI is InChI=1S/C19H25NO3/c1-5-8-9-10-14(4)18(6-2)23-15-11-12-17(21)16(13-15)20-19(22)7-3/h5-6,8-14,21H,7H2,1-4H3,(H,20,22)/b8-5-,10-9?,18-6-. The van der Waals surface area contributed by atoms with Gasteiger partial charge in [0.15, 0.2) is 0 Å². The van der Waals surface area contributed by atoms with Gasteiger partial charge in [0.05, 0.1) is 5.69 Å². The molecular weight excluding hydrogens is 290 g/mol. The fraction of sp³-hybridized carbons (Fsp3) is 0.316. The van der Waals surface area contributed by atoms with Crippen LogP contribution in [0.4, 0.5) is 5.69 Å². The van der Waals surface area contributed by atoms with Crippen molar-refractivity contribution in [3.05, 3.63) is 54.3 Å². The van der Waals surface area contributed by atoms with Gasteiger partial charge in [0.2, 0.25) is 5.91 Å². The molecule has 1 aromatic rings. The highest BCUT2D eigenvalue weighted by atomic mass is 16.5. The van der Waals surface area contributed by atoms with Crippen LogP contribution in [0.25, 0.3) is 0 Å². The van der Waals surface area contributed by atoms with Crippen molar-refractivity contribution in [2.24, 2.45) is 5.92 Å². The lowest BCUT2D eigenvalue weighted by molar-refractivity contribution is -0.115. The topological polar surface area (TPSA) is 58.6 Å². The Bertz CT molecular complexity index is 615. The molecule has 0 aliphatic carbocycles. The molecule has 0 aliphatic heterocycles. The number of benzene rings is 1. The van der Waals surface area contributed by atoms with E-state index in [1.54, 1.807) is 19.1 Å². The molecular formula is C19H25NO3. The summed E-state index contributed by atoms with van der Waals surface area (Å²) in [4.78, 5) is 11.5. The van der Waals surface area contributed by atoms with Crippen molar-refractivity contribution in [2.75, 3.05) is 5.32 Å². The third kappa shape index (κ3) is 6.02. The van der Waals surface area contributed by atoms with Crippen LogP contribution in [-0.4, -0.2) is 11.0 Å². The Balaban J connectivity index is 2.90. The number of aromatic hydroxyl groups is 1. The van der Waals surface area contributed by atoms with Gasteiger partial charge < -0.3 is 15.2 Å². The summed E-state index contributed by atoms with van der Waals surface area (Å²) < 4.78 is 5.89. The Morgan fingerprint density at radius 1 is 1.35 bits per heavy atom. The van der Waals surface area contributed by atoms with Gasteiger partial charge in [-0.25, -0.2) is 0 Å². The van der Waals surface area contributed by atoms with Gasteiger partial charge in [0.1, 0.15) is 17.3 Å². The van der Waals surface area contributed by atoms with Crippen LogP contribution in [0.2, 0.25) is 0 Å². The highest BCUT2D eigenvalue weighted by Gasteiger charge is 2.10. The normalized spacial score (nSPS) is 13.5. The number of phenols is 1. The van der Waals surface area contributed by atoms with Crippen molar-refractivity contribution in [1.82, 2.24) is 0 Å². The Labute approximate surface area is 138 Å². The number of carbonyl (C=O) groups is 1. The number of phenolic OH excluding ortho intramolecular Hbond substituents is 1. The van der Waals surface area contributed by atoms with Crippen molar-refractivity contribution in [3.8, 4) is 11.5 Å². The molecule has 0 aliphatic rings. The first-order chi connectivity index (χ1) is 11.0. The molecule has 124 valence electrons. The highest BCUT2D eigenvalue weighted by Crippen LogP contribution is 2.30. The average Bonchev–Trinajstić information content (AvgIpc) is 2.55. The summed E-state index contributed by atoms with van der Waals surface area (Å²) >= 11 is 0. The van der Waals surface area contributed by atoms with Crippen LogP contribution in [0.5, 0.6) is 11.5 Å². The zero-order valence-corrected chi connectivity index (χ0v) is 14.2. The first-order valence-corrected chi connectivity index (χ1v) is 7.78. The largest absolute Gasteiger partial charge is 0.506 e. The monoisotopic (exact) mass is 315 g/mol. The molecule has 1 rings (SSSR count). The van der Waals surface area contributed by atoms with Crippen molar-refractivity contribution < 1.29 is 14.6 Å². The molecule has 0 aromatic heterocycles. The molecule has 0 saturated heterocycles. The van der Waals surface area contributed by atoms with E-state index in [0.29, 0.717) is 17.9 Å². The Morgan fingerprint density at radius 2 is 2.09 bits per heavy atom. The molecule has 1 amide bonds. The van der Waals surface area contributed by atoms with Gasteiger partial charge >= 0.3 is 0 Å². The van der Waals surface area contributed by atoms with Crippen LogP contribution >= 0.6 is 0 Å². The number of hydrogen-bond donors (Lipinski definition) is 2. The second-order valence-corrected chi connectivity index (χ2v) is 5.07. The third-order valence-electron chi connectivity index (χ3n) is 3.24. The summed E-state index contributed by atoms with van der Waals surface area (Å²) in [7, 11) is 0. The molecule has 0 bridgehead atoms. The van der Waals surface area contributed by atoms with E-state index < -0.39 is 0 Å². The molecule has 4 heteroatoms. The fourth-order valence-electron chi connectivity index (χ4n) is 1.90. The van der Waals surface area contributed by atoms with Gasteiger partial charge in [-0.2, -0.15) is 0 Å². The summed E-state index contributed by atoms with van der Waals surface area (Å²) in [5.74, 6) is 1.32. The number of carbonyl (C=O) groups excluding carboxylic acids is 1. The molecule has 0 fully saturated rings. The molecule has 1 unspecified atom stereocenters. The third-order valence-corrected chi connectivity index (χ3v) is 3.24. The van der Waals surface area contributed by atoms with E-state index in [1.165, 1.54) is 6.07 Å². The Morgan fingerprint density at radius 3 is 2.70 bits per heavy atom. The molecule has 23 heavy (non-hydrogen) atoms. The van der Waals surface area contributed by atoms with E-state index in [2.05, 4.69) is 5.32 Å². The summed E-state index contributed by atoms with van der Waals surface area (Å²) in [6.45, 7) is 7.67. The van der Waals surface area contributed by atoms with Crippen molar-refractivity contribution >= 4 is 11.6 Å². The minimum atomic E-state index is -0.161.